The highest BCUT2D eigenvalue weighted by Gasteiger charge is 2.07. The van der Waals surface area contributed by atoms with Crippen molar-refractivity contribution in [2.24, 2.45) is 0 Å². The van der Waals surface area contributed by atoms with Gasteiger partial charge in [-0.25, -0.2) is 0 Å². The summed E-state index contributed by atoms with van der Waals surface area (Å²) in [6.45, 7) is 0. The highest BCUT2D eigenvalue weighted by molar-refractivity contribution is 7.32. The maximum atomic E-state index is 9.38. The number of rotatable bonds is 3. The van der Waals surface area contributed by atoms with Gasteiger partial charge in [0.2, 0.25) is 0 Å². The normalized spacial score (nSPS) is 9.00. The predicted octanol–water partition coefficient (Wildman–Crippen LogP) is 0.730. The molecule has 0 aromatic heterocycles. The minimum absolute atomic E-state index is 1.53. The Bertz CT molecular complexity index is 336. The summed E-state index contributed by atoms with van der Waals surface area (Å²) in [5, 5.41) is 0. The second kappa shape index (κ2) is 17.6. The highest BCUT2D eigenvalue weighted by atomic mass is 31.1. The van der Waals surface area contributed by atoms with Gasteiger partial charge >= 0.3 is 24.8 Å². The first-order valence-electron chi connectivity index (χ1n) is 3.17. The van der Waals surface area contributed by atoms with E-state index in [1.165, 1.54) is 18.3 Å². The van der Waals surface area contributed by atoms with Gasteiger partial charge in [0.25, 0.3) is 0 Å². The van der Waals surface area contributed by atoms with E-state index in [0.29, 0.717) is 0 Å². The van der Waals surface area contributed by atoms with Crippen LogP contribution in [-0.2, 0) is 27.3 Å². The van der Waals surface area contributed by atoms with Gasteiger partial charge in [-0.05, 0) is 0 Å². The maximum Gasteiger partial charge on any atom is 0.756 e. The van der Waals surface area contributed by atoms with Gasteiger partial charge in [0.15, 0.2) is 18.3 Å². The molecule has 0 aliphatic carbocycles. The van der Waals surface area contributed by atoms with Gasteiger partial charge in [0.1, 0.15) is 0 Å². The topological polar surface area (TPSA) is 140 Å². The van der Waals surface area contributed by atoms with E-state index >= 15 is 0 Å². The van der Waals surface area contributed by atoms with Crippen molar-refractivity contribution in [2.45, 2.75) is 0 Å². The molecule has 9 nitrogen and oxygen atoms in total. The fraction of sp³-hybridized carbons (Fsp3) is 0. The van der Waals surface area contributed by atoms with Crippen LogP contribution < -0.4 is 0 Å². The molecule has 0 saturated heterocycles. The Labute approximate surface area is 105 Å². The van der Waals surface area contributed by atoms with Crippen LogP contribution in [0.3, 0.4) is 0 Å². The monoisotopic (exact) mass is 315 g/mol. The number of terminal acetylenes is 3. The van der Waals surface area contributed by atoms with Crippen molar-refractivity contribution in [1.29, 1.82) is 0 Å². The van der Waals surface area contributed by atoms with Gasteiger partial charge in [0.05, 0.1) is 0 Å². The van der Waals surface area contributed by atoms with Crippen molar-refractivity contribution >= 4 is 24.8 Å². The van der Waals surface area contributed by atoms with E-state index in [9.17, 15) is 13.7 Å². The average molecular weight is 315 g/mol. The average Bonchev–Trinajstić information content (AvgIpc) is 2.18. The molecule has 0 heterocycles. The molecule has 3 atom stereocenters. The molecule has 18 heavy (non-hydrogen) atoms. The van der Waals surface area contributed by atoms with Crippen molar-refractivity contribution in [2.75, 3.05) is 0 Å². The van der Waals surface area contributed by atoms with E-state index in [-0.39, 0.29) is 0 Å². The van der Waals surface area contributed by atoms with E-state index in [1.807, 2.05) is 0 Å². The molecule has 0 aliphatic heterocycles. The molecular weight excluding hydrogens is 309 g/mol. The lowest BCUT2D eigenvalue weighted by Crippen LogP contribution is -1.57. The largest absolute Gasteiger partial charge is 0.756 e. The van der Waals surface area contributed by atoms with Gasteiger partial charge < -0.3 is 0 Å². The van der Waals surface area contributed by atoms with Crippen LogP contribution in [0.5, 0.6) is 0 Å². The Balaban J connectivity index is -0.000000187. The Morgan fingerprint density at radius 2 is 0.833 bits per heavy atom. The summed E-state index contributed by atoms with van der Waals surface area (Å²) in [5.74, 6) is 0. The highest BCUT2D eigenvalue weighted by Crippen LogP contribution is 2.12. The molecule has 0 fully saturated rings. The van der Waals surface area contributed by atoms with Gasteiger partial charge in [-0.1, -0.05) is 19.3 Å². The summed E-state index contributed by atoms with van der Waals surface area (Å²) in [6, 6.07) is 0. The summed E-state index contributed by atoms with van der Waals surface area (Å²) < 4.78 is 39.1. The van der Waals surface area contributed by atoms with Crippen LogP contribution in [0.1, 0.15) is 0 Å². The van der Waals surface area contributed by atoms with Crippen LogP contribution in [0.25, 0.3) is 0 Å². The standard InChI is InChI=1S/3C2HO3P/c3*1-2-5-6(3)4/h3*1H/p+3. The molecular formula is C6H6O9P3+3. The van der Waals surface area contributed by atoms with E-state index in [2.05, 4.69) is 32.8 Å². The molecule has 0 aromatic carbocycles. The Hall–Kier alpha value is -1.74. The van der Waals surface area contributed by atoms with E-state index < -0.39 is 24.8 Å². The second-order valence-corrected chi connectivity index (χ2v) is 3.32. The molecule has 0 aliphatic rings. The van der Waals surface area contributed by atoms with E-state index in [1.54, 1.807) is 0 Å². The zero-order valence-corrected chi connectivity index (χ0v) is 11.0. The van der Waals surface area contributed by atoms with E-state index in [0.717, 1.165) is 0 Å². The molecule has 0 spiro atoms. The molecule has 0 radical (unpaired) electrons. The van der Waals surface area contributed by atoms with Crippen LogP contribution in [-0.4, -0.2) is 14.7 Å². The van der Waals surface area contributed by atoms with Crippen LogP contribution in [0.4, 0.5) is 0 Å². The number of hydrogen-bond donors (Lipinski definition) is 3. The summed E-state index contributed by atoms with van der Waals surface area (Å²) in [5.41, 5.74) is 0. The predicted molar refractivity (Wildman–Crippen MR) is 59.2 cm³/mol. The summed E-state index contributed by atoms with van der Waals surface area (Å²) in [4.78, 5) is 23.1. The van der Waals surface area contributed by atoms with E-state index in [4.69, 9.17) is 14.7 Å². The third-order valence-corrected chi connectivity index (χ3v) is 1.18. The molecule has 0 rings (SSSR count). The maximum absolute atomic E-state index is 9.38. The first kappa shape index (κ1) is 21.5. The lowest BCUT2D eigenvalue weighted by Gasteiger charge is -1.58. The van der Waals surface area contributed by atoms with Gasteiger partial charge in [-0.15, -0.1) is 14.7 Å². The molecule has 0 bridgehead atoms. The van der Waals surface area contributed by atoms with Crippen LogP contribution in [0.15, 0.2) is 0 Å². The lowest BCUT2D eigenvalue weighted by molar-refractivity contribution is 0.392. The number of hydrogen-bond acceptors (Lipinski definition) is 6. The fourth-order valence-corrected chi connectivity index (χ4v) is 0.406. The molecule has 3 unspecified atom stereocenters. The molecule has 0 amide bonds. The van der Waals surface area contributed by atoms with Crippen LogP contribution >= 0.6 is 24.8 Å². The zero-order chi connectivity index (χ0) is 15.0. The minimum Gasteiger partial charge on any atom is -0.173 e. The zero-order valence-electron chi connectivity index (χ0n) is 8.36. The Kier molecular flexibility index (Phi) is 21.1. The van der Waals surface area contributed by atoms with Crippen molar-refractivity contribution in [3.8, 4) is 37.6 Å². The molecule has 0 saturated carbocycles. The Morgan fingerprint density at radius 3 is 0.833 bits per heavy atom. The first-order chi connectivity index (χ1) is 8.31. The van der Waals surface area contributed by atoms with Crippen LogP contribution in [0.2, 0.25) is 0 Å². The smallest absolute Gasteiger partial charge is 0.173 e. The van der Waals surface area contributed by atoms with Crippen molar-refractivity contribution < 1.29 is 41.9 Å². The van der Waals surface area contributed by atoms with Crippen molar-refractivity contribution in [3.63, 3.8) is 0 Å². The summed E-state index contributed by atoms with van der Waals surface area (Å²) in [6.07, 6.45) is 17.8. The Morgan fingerprint density at radius 1 is 0.667 bits per heavy atom. The summed E-state index contributed by atoms with van der Waals surface area (Å²) in [7, 11) is -7.76. The third kappa shape index (κ3) is 47.6. The van der Waals surface area contributed by atoms with Crippen LogP contribution in [0, 0.1) is 37.6 Å². The van der Waals surface area contributed by atoms with Crippen molar-refractivity contribution in [3.05, 3.63) is 0 Å². The minimum atomic E-state index is -2.59. The molecule has 3 N–H and O–H groups in total. The third-order valence-electron chi connectivity index (χ3n) is 0.392. The van der Waals surface area contributed by atoms with Crippen molar-refractivity contribution in [1.82, 2.24) is 0 Å². The fourth-order valence-electron chi connectivity index (χ4n) is 0.135. The molecule has 12 heteroatoms. The van der Waals surface area contributed by atoms with Gasteiger partial charge in [0, 0.05) is 13.7 Å². The van der Waals surface area contributed by atoms with Gasteiger partial charge in [-0.2, -0.15) is 13.6 Å². The van der Waals surface area contributed by atoms with Gasteiger partial charge in [-0.3, -0.25) is 0 Å². The first-order valence-corrected chi connectivity index (χ1v) is 6.56. The SMILES string of the molecule is C#CO[P+](=O)O.C#CO[P+](=O)O.C#CO[P+](=O)O. The quantitative estimate of drug-likeness (QED) is 0.507. The molecule has 0 aromatic rings. The molecule has 96 valence electrons. The summed E-state index contributed by atoms with van der Waals surface area (Å²) >= 11 is 0. The second-order valence-electron chi connectivity index (χ2n) is 1.34. The lowest BCUT2D eigenvalue weighted by atomic mass is 11.3.